The fraction of sp³-hybridized carbons (Fsp3) is 1.00. The second kappa shape index (κ2) is 5.29. The van der Waals surface area contributed by atoms with Gasteiger partial charge < -0.3 is 4.34 Å². The van der Waals surface area contributed by atoms with Crippen molar-refractivity contribution >= 4 is 32.9 Å². The summed E-state index contributed by atoms with van der Waals surface area (Å²) < 4.78 is 4.96. The molecule has 0 aromatic heterocycles. The molecule has 0 aromatic carbocycles. The molecule has 0 saturated carbocycles. The fourth-order valence-corrected chi connectivity index (χ4v) is 31.3. The first-order chi connectivity index (χ1) is 7.49. The molecule has 0 spiro atoms. The molecule has 6 heteroatoms. The summed E-state index contributed by atoms with van der Waals surface area (Å²) in [5.74, 6) is 0. The number of quaternary nitrogens is 1. The molecule has 0 amide bonds. The standard InChI is InChI=1S/C12H36N2Si4/c1-15(2,3)13(16(4,5)6)14(17(7,8)9)18(10,11)12/h1-12H3/p+1. The lowest BCUT2D eigenvalue weighted by Gasteiger charge is -2.57. The Morgan fingerprint density at radius 1 is 0.500 bits per heavy atom. The molecule has 0 radical (unpaired) electrons. The van der Waals surface area contributed by atoms with Crippen molar-refractivity contribution in [1.82, 2.24) is 4.34 Å². The van der Waals surface area contributed by atoms with E-state index >= 15 is 0 Å². The number of hydrogen-bond acceptors (Lipinski definition) is 1. The molecule has 1 N–H and O–H groups in total. The third-order valence-corrected chi connectivity index (χ3v) is 18.8. The fourth-order valence-electron chi connectivity index (χ4n) is 3.47. The molecule has 0 aromatic rings. The Balaban J connectivity index is 5.84. The minimum Gasteiger partial charge on any atom is -0.387 e. The van der Waals surface area contributed by atoms with Crippen molar-refractivity contribution in [1.29, 1.82) is 0 Å². The summed E-state index contributed by atoms with van der Waals surface area (Å²) >= 11 is 0. The molecule has 0 saturated heterocycles. The van der Waals surface area contributed by atoms with Crippen molar-refractivity contribution in [2.45, 2.75) is 78.6 Å². The number of rotatable bonds is 5. The summed E-state index contributed by atoms with van der Waals surface area (Å²) in [5, 5.41) is 0. The Bertz CT molecular complexity index is 220. The minimum absolute atomic E-state index is 1.23. The van der Waals surface area contributed by atoms with Gasteiger partial charge in [0, 0.05) is 0 Å². The second-order valence-corrected chi connectivity index (χ2v) is 30.0. The largest absolute Gasteiger partial charge is 0.387 e. The first kappa shape index (κ1) is 18.8. The van der Waals surface area contributed by atoms with Gasteiger partial charge in [-0.3, -0.25) is 0 Å². The number of hydrogen-bond donors (Lipinski definition) is 1. The Morgan fingerprint density at radius 3 is 0.778 bits per heavy atom. The number of nitrogens with one attached hydrogen (secondary N) is 1. The quantitative estimate of drug-likeness (QED) is 0.602. The van der Waals surface area contributed by atoms with E-state index in [2.05, 4.69) is 82.9 Å². The smallest absolute Gasteiger partial charge is 0.275 e. The third-order valence-electron chi connectivity index (χ3n) is 2.99. The zero-order valence-corrected chi connectivity index (χ0v) is 18.9. The average Bonchev–Trinajstić information content (AvgIpc) is 1.89. The van der Waals surface area contributed by atoms with Crippen LogP contribution in [-0.2, 0) is 0 Å². The van der Waals surface area contributed by atoms with E-state index < -0.39 is 32.9 Å². The summed E-state index contributed by atoms with van der Waals surface area (Å²) in [6, 6.07) is 0. The maximum atomic E-state index is 3.03. The van der Waals surface area contributed by atoms with Crippen LogP contribution in [0, 0.1) is 0 Å². The second-order valence-electron chi connectivity index (χ2n) is 9.53. The molecule has 0 atom stereocenters. The van der Waals surface area contributed by atoms with E-state index in [1.165, 1.54) is 0 Å². The van der Waals surface area contributed by atoms with Gasteiger partial charge >= 0.3 is 0 Å². The van der Waals surface area contributed by atoms with Gasteiger partial charge in [-0.2, -0.15) is 0 Å². The molecule has 0 heterocycles. The lowest BCUT2D eigenvalue weighted by molar-refractivity contribution is -0.790. The van der Waals surface area contributed by atoms with Crippen LogP contribution in [0.2, 0.25) is 78.6 Å². The van der Waals surface area contributed by atoms with Crippen LogP contribution in [0.3, 0.4) is 0 Å². The van der Waals surface area contributed by atoms with Crippen LogP contribution in [0.4, 0.5) is 0 Å². The molecule has 0 unspecified atom stereocenters. The first-order valence-corrected chi connectivity index (χ1v) is 21.1. The first-order valence-electron chi connectivity index (χ1n) is 7.17. The topological polar surface area (TPSA) is 7.68 Å². The lowest BCUT2D eigenvalue weighted by Crippen LogP contribution is -3.36. The third kappa shape index (κ3) is 5.05. The van der Waals surface area contributed by atoms with Gasteiger partial charge in [-0.1, -0.05) is 39.3 Å². The van der Waals surface area contributed by atoms with Gasteiger partial charge in [-0.15, -0.1) is 0 Å². The Hall–Kier alpha value is 0.788. The van der Waals surface area contributed by atoms with Crippen molar-refractivity contribution in [3.05, 3.63) is 0 Å². The highest BCUT2D eigenvalue weighted by atomic mass is 28.4. The van der Waals surface area contributed by atoms with Gasteiger partial charge in [0.2, 0.25) is 0 Å². The van der Waals surface area contributed by atoms with Gasteiger partial charge in [-0.25, -0.2) is 4.34 Å². The predicted octanol–water partition coefficient (Wildman–Crippen LogP) is 3.43. The van der Waals surface area contributed by atoms with Gasteiger partial charge in [0.1, 0.15) is 0 Å². The summed E-state index contributed by atoms with van der Waals surface area (Å²) in [4.78, 5) is 0. The van der Waals surface area contributed by atoms with Crippen LogP contribution in [0.25, 0.3) is 0 Å². The van der Waals surface area contributed by atoms with E-state index in [9.17, 15) is 0 Å². The van der Waals surface area contributed by atoms with Crippen molar-refractivity contribution in [3.8, 4) is 0 Å². The van der Waals surface area contributed by atoms with Crippen molar-refractivity contribution in [2.75, 3.05) is 0 Å². The van der Waals surface area contributed by atoms with Gasteiger partial charge in [0.05, 0.1) is 0 Å². The SMILES string of the molecule is C[Si](C)(C)N([NH+]([Si](C)(C)C)[Si](C)(C)C)[Si](C)(C)C. The Kier molecular flexibility index (Phi) is 5.52. The molecular formula is C12H37N2Si4+. The van der Waals surface area contributed by atoms with Gasteiger partial charge in [0.25, 0.3) is 16.5 Å². The summed E-state index contributed by atoms with van der Waals surface area (Å²) in [5.41, 5.74) is 0. The highest BCUT2D eigenvalue weighted by Gasteiger charge is 2.52. The lowest BCUT2D eigenvalue weighted by atomic mass is 11.8. The summed E-state index contributed by atoms with van der Waals surface area (Å²) in [6.07, 6.45) is 0. The van der Waals surface area contributed by atoms with Gasteiger partial charge in [-0.05, 0) is 39.3 Å². The van der Waals surface area contributed by atoms with E-state index in [0.717, 1.165) is 0 Å². The Morgan fingerprint density at radius 2 is 0.722 bits per heavy atom. The van der Waals surface area contributed by atoms with Crippen LogP contribution >= 0.6 is 0 Å². The zero-order valence-electron chi connectivity index (χ0n) is 14.9. The van der Waals surface area contributed by atoms with E-state index in [0.29, 0.717) is 0 Å². The molecule has 2 nitrogen and oxygen atoms in total. The highest BCUT2D eigenvalue weighted by Crippen LogP contribution is 2.17. The molecule has 0 fully saturated rings. The molecule has 18 heavy (non-hydrogen) atoms. The maximum Gasteiger partial charge on any atom is 0.275 e. The minimum atomic E-state index is -1.28. The maximum absolute atomic E-state index is 3.03. The van der Waals surface area contributed by atoms with Crippen LogP contribution in [-0.4, -0.2) is 37.3 Å². The predicted molar refractivity (Wildman–Crippen MR) is 96.2 cm³/mol. The Labute approximate surface area is 120 Å². The summed E-state index contributed by atoms with van der Waals surface area (Å²) in [6.45, 7) is 30.5. The van der Waals surface area contributed by atoms with Crippen molar-refractivity contribution < 1.29 is 4.34 Å². The summed E-state index contributed by atoms with van der Waals surface area (Å²) in [7, 11) is -5.02. The van der Waals surface area contributed by atoms with E-state index in [4.69, 9.17) is 0 Å². The van der Waals surface area contributed by atoms with Gasteiger partial charge in [0.15, 0.2) is 16.5 Å². The zero-order chi connectivity index (χ0) is 15.2. The van der Waals surface area contributed by atoms with E-state index in [1.807, 2.05) is 4.34 Å². The molecular weight excluding hydrogens is 284 g/mol. The molecule has 0 bridgehead atoms. The van der Waals surface area contributed by atoms with Crippen LogP contribution in [0.1, 0.15) is 0 Å². The average molecular weight is 322 g/mol. The van der Waals surface area contributed by atoms with E-state index in [-0.39, 0.29) is 0 Å². The van der Waals surface area contributed by atoms with Crippen LogP contribution in [0.5, 0.6) is 0 Å². The highest BCUT2D eigenvalue weighted by molar-refractivity contribution is 6.91. The number of nitrogens with zero attached hydrogens (tertiary/aromatic N) is 1. The molecule has 0 aliphatic carbocycles. The van der Waals surface area contributed by atoms with Crippen LogP contribution in [0.15, 0.2) is 0 Å². The molecule has 0 aliphatic heterocycles. The molecule has 110 valence electrons. The normalized spacial score (nSPS) is 15.7. The molecule has 0 aliphatic rings. The van der Waals surface area contributed by atoms with Crippen molar-refractivity contribution in [2.24, 2.45) is 0 Å². The van der Waals surface area contributed by atoms with Crippen LogP contribution < -0.4 is 4.34 Å². The monoisotopic (exact) mass is 321 g/mol. The molecule has 0 rings (SSSR count). The van der Waals surface area contributed by atoms with E-state index in [1.54, 1.807) is 0 Å². The van der Waals surface area contributed by atoms with Crippen molar-refractivity contribution in [3.63, 3.8) is 0 Å².